The first-order valence-corrected chi connectivity index (χ1v) is 12.5. The smallest absolute Gasteiger partial charge is 0.225 e. The third-order valence-corrected chi connectivity index (χ3v) is 6.34. The molecule has 3 aliphatic rings. The van der Waals surface area contributed by atoms with Crippen molar-refractivity contribution >= 4 is 21.6 Å². The van der Waals surface area contributed by atoms with E-state index in [0.717, 1.165) is 37.0 Å². The molecule has 0 bridgehead atoms. The van der Waals surface area contributed by atoms with Crippen molar-refractivity contribution < 1.29 is 14.6 Å². The molecule has 3 heterocycles. The summed E-state index contributed by atoms with van der Waals surface area (Å²) in [6, 6.07) is 0. The molecule has 0 spiro atoms. The Bertz CT molecular complexity index is 702. The van der Waals surface area contributed by atoms with Gasteiger partial charge in [-0.1, -0.05) is 20.3 Å². The van der Waals surface area contributed by atoms with Gasteiger partial charge in [0.15, 0.2) is 0 Å². The van der Waals surface area contributed by atoms with Crippen LogP contribution in [0.25, 0.3) is 10.2 Å². The van der Waals surface area contributed by atoms with E-state index in [0.29, 0.717) is 6.10 Å². The number of fused-ring (bicyclic) bond motifs is 3. The zero-order valence-corrected chi connectivity index (χ0v) is 19.7. The van der Waals surface area contributed by atoms with Gasteiger partial charge in [0, 0.05) is 24.6 Å². The van der Waals surface area contributed by atoms with Gasteiger partial charge < -0.3 is 19.9 Å². The van der Waals surface area contributed by atoms with Crippen LogP contribution >= 0.6 is 11.3 Å². The Balaban J connectivity index is 0.000000244. The first kappa shape index (κ1) is 25.0. The van der Waals surface area contributed by atoms with E-state index in [1.54, 1.807) is 13.3 Å². The molecule has 7 heteroatoms. The van der Waals surface area contributed by atoms with Gasteiger partial charge in [-0.25, -0.2) is 9.97 Å². The summed E-state index contributed by atoms with van der Waals surface area (Å²) < 4.78 is 11.2. The second-order valence-electron chi connectivity index (χ2n) is 7.27. The van der Waals surface area contributed by atoms with Crippen LogP contribution in [0.1, 0.15) is 69.7 Å². The highest BCUT2D eigenvalue weighted by atomic mass is 32.1. The number of thiophene rings is 1. The fourth-order valence-corrected chi connectivity index (χ4v) is 5.07. The summed E-state index contributed by atoms with van der Waals surface area (Å²) in [4.78, 5) is 11.5. The van der Waals surface area contributed by atoms with Gasteiger partial charge in [-0.15, -0.1) is 11.3 Å². The van der Waals surface area contributed by atoms with Gasteiger partial charge in [-0.3, -0.25) is 0 Å². The van der Waals surface area contributed by atoms with Crippen LogP contribution < -0.4 is 10.1 Å². The molecule has 0 radical (unpaired) electrons. The summed E-state index contributed by atoms with van der Waals surface area (Å²) in [6.45, 7) is 9.76. The first-order chi connectivity index (χ1) is 14.8. The van der Waals surface area contributed by atoms with Gasteiger partial charge in [0.05, 0.1) is 18.6 Å². The molecule has 2 fully saturated rings. The SMILES string of the molecule is C1COCCN1.CC.CCO.c1nc(OC2CCCCC2)c2c3c(sc2n1)CCC3. The van der Waals surface area contributed by atoms with Crippen LogP contribution in [0, 0.1) is 0 Å². The highest BCUT2D eigenvalue weighted by molar-refractivity contribution is 7.18. The lowest BCUT2D eigenvalue weighted by Gasteiger charge is -2.22. The van der Waals surface area contributed by atoms with E-state index in [2.05, 4.69) is 15.3 Å². The van der Waals surface area contributed by atoms with Crippen LogP contribution in [0.2, 0.25) is 0 Å². The molecule has 2 N–H and O–H groups in total. The number of aryl methyl sites for hydroxylation is 2. The second kappa shape index (κ2) is 14.7. The number of hydrogen-bond donors (Lipinski definition) is 2. The molecular weight excluding hydrogens is 398 g/mol. The van der Waals surface area contributed by atoms with Crippen molar-refractivity contribution in [1.82, 2.24) is 15.3 Å². The van der Waals surface area contributed by atoms with Crippen molar-refractivity contribution in [2.45, 2.75) is 78.2 Å². The van der Waals surface area contributed by atoms with Gasteiger partial charge in [0.2, 0.25) is 5.88 Å². The van der Waals surface area contributed by atoms with Crippen molar-refractivity contribution in [1.29, 1.82) is 0 Å². The Hall–Kier alpha value is -1.28. The topological polar surface area (TPSA) is 76.5 Å². The minimum absolute atomic E-state index is 0.250. The summed E-state index contributed by atoms with van der Waals surface area (Å²) in [7, 11) is 0. The molecule has 1 saturated heterocycles. The van der Waals surface area contributed by atoms with E-state index in [-0.39, 0.29) is 6.61 Å². The molecule has 0 atom stereocenters. The third kappa shape index (κ3) is 7.45. The average Bonchev–Trinajstić information content (AvgIpc) is 3.40. The van der Waals surface area contributed by atoms with Crippen molar-refractivity contribution in [2.75, 3.05) is 32.9 Å². The lowest BCUT2D eigenvalue weighted by Crippen LogP contribution is -2.30. The number of aromatic nitrogens is 2. The van der Waals surface area contributed by atoms with Crippen molar-refractivity contribution in [2.24, 2.45) is 0 Å². The number of ether oxygens (including phenoxy) is 2. The molecule has 2 aliphatic carbocycles. The van der Waals surface area contributed by atoms with Crippen molar-refractivity contribution in [3.63, 3.8) is 0 Å². The van der Waals surface area contributed by atoms with Gasteiger partial charge in [0.25, 0.3) is 0 Å². The molecule has 2 aromatic heterocycles. The summed E-state index contributed by atoms with van der Waals surface area (Å²) in [5.74, 6) is 0.844. The van der Waals surface area contributed by atoms with Gasteiger partial charge in [-0.05, 0) is 57.4 Å². The lowest BCUT2D eigenvalue weighted by atomic mass is 9.98. The molecule has 2 aromatic rings. The molecule has 0 aromatic carbocycles. The number of morpholine rings is 1. The van der Waals surface area contributed by atoms with Gasteiger partial charge >= 0.3 is 0 Å². The van der Waals surface area contributed by atoms with E-state index in [1.165, 1.54) is 67.2 Å². The highest BCUT2D eigenvalue weighted by Crippen LogP contribution is 2.40. The molecule has 170 valence electrons. The molecular formula is C23H39N3O3S. The largest absolute Gasteiger partial charge is 0.474 e. The summed E-state index contributed by atoms with van der Waals surface area (Å²) in [5, 5.41) is 11.9. The third-order valence-electron chi connectivity index (χ3n) is 5.14. The fourth-order valence-electron chi connectivity index (χ4n) is 3.85. The van der Waals surface area contributed by atoms with Crippen LogP contribution in [0.5, 0.6) is 5.88 Å². The van der Waals surface area contributed by atoms with Crippen LogP contribution in [0.15, 0.2) is 6.33 Å². The Morgan fingerprint density at radius 2 is 1.80 bits per heavy atom. The first-order valence-electron chi connectivity index (χ1n) is 11.6. The number of hydrogen-bond acceptors (Lipinski definition) is 7. The fraction of sp³-hybridized carbons (Fsp3) is 0.739. The van der Waals surface area contributed by atoms with Crippen molar-refractivity contribution in [3.8, 4) is 5.88 Å². The number of aliphatic hydroxyl groups is 1. The lowest BCUT2D eigenvalue weighted by molar-refractivity contribution is 0.109. The Morgan fingerprint density at radius 3 is 2.40 bits per heavy atom. The van der Waals surface area contributed by atoms with Crippen LogP contribution in [0.4, 0.5) is 0 Å². The normalized spacial score (nSPS) is 18.1. The molecule has 0 unspecified atom stereocenters. The highest BCUT2D eigenvalue weighted by Gasteiger charge is 2.24. The van der Waals surface area contributed by atoms with Crippen LogP contribution in [-0.2, 0) is 17.6 Å². The maximum Gasteiger partial charge on any atom is 0.225 e. The van der Waals surface area contributed by atoms with E-state index in [9.17, 15) is 0 Å². The van der Waals surface area contributed by atoms with E-state index >= 15 is 0 Å². The number of aliphatic hydroxyl groups excluding tert-OH is 1. The van der Waals surface area contributed by atoms with E-state index in [1.807, 2.05) is 25.2 Å². The molecule has 1 aliphatic heterocycles. The van der Waals surface area contributed by atoms with E-state index < -0.39 is 0 Å². The minimum atomic E-state index is 0.250. The Morgan fingerprint density at radius 1 is 1.10 bits per heavy atom. The standard InChI is InChI=1S/C15H18N2OS.C4H9NO.C2H6O.C2H6/c1-2-5-10(6-3-1)18-14-13-11-7-4-8-12(11)19-15(13)17-9-16-14;1-3-6-4-2-5-1;1-2-3;1-2/h9-10H,1-8H2;5H,1-4H2;3H,2H2,1H3;1-2H3. The average molecular weight is 438 g/mol. The van der Waals surface area contributed by atoms with Gasteiger partial charge in [-0.2, -0.15) is 0 Å². The Labute approximate surface area is 185 Å². The minimum Gasteiger partial charge on any atom is -0.474 e. The maximum absolute atomic E-state index is 7.57. The Kier molecular flexibility index (Phi) is 12.2. The summed E-state index contributed by atoms with van der Waals surface area (Å²) in [6.07, 6.45) is 12.0. The molecule has 1 saturated carbocycles. The molecule has 30 heavy (non-hydrogen) atoms. The van der Waals surface area contributed by atoms with Crippen molar-refractivity contribution in [3.05, 3.63) is 16.8 Å². The zero-order valence-electron chi connectivity index (χ0n) is 18.9. The van der Waals surface area contributed by atoms with Gasteiger partial charge in [0.1, 0.15) is 17.3 Å². The molecule has 5 rings (SSSR count). The summed E-state index contributed by atoms with van der Waals surface area (Å²) >= 11 is 1.83. The summed E-state index contributed by atoms with van der Waals surface area (Å²) in [5.41, 5.74) is 1.46. The quantitative estimate of drug-likeness (QED) is 0.719. The van der Waals surface area contributed by atoms with E-state index in [4.69, 9.17) is 14.6 Å². The monoisotopic (exact) mass is 437 g/mol. The van der Waals surface area contributed by atoms with Crippen LogP contribution in [-0.4, -0.2) is 54.1 Å². The number of rotatable bonds is 2. The molecule has 6 nitrogen and oxygen atoms in total. The molecule has 0 amide bonds. The maximum atomic E-state index is 7.57. The zero-order chi connectivity index (χ0) is 21.6. The second-order valence-corrected chi connectivity index (χ2v) is 8.36. The number of nitrogens with one attached hydrogen (secondary N) is 1. The van der Waals surface area contributed by atoms with Crippen LogP contribution in [0.3, 0.4) is 0 Å². The number of nitrogens with zero attached hydrogens (tertiary/aromatic N) is 2. The predicted octanol–water partition coefficient (Wildman–Crippen LogP) is 4.52. The predicted molar refractivity (Wildman–Crippen MR) is 125 cm³/mol.